The first kappa shape index (κ1) is 18.9. The topological polar surface area (TPSA) is 56.7 Å². The lowest BCUT2D eigenvalue weighted by Crippen LogP contribution is -2.50. The van der Waals surface area contributed by atoms with Gasteiger partial charge in [-0.2, -0.15) is 0 Å². The molecule has 2 saturated heterocycles. The minimum Gasteiger partial charge on any atom is -0.393 e. The van der Waals surface area contributed by atoms with Gasteiger partial charge in [-0.1, -0.05) is 18.2 Å². The number of aliphatic hydroxyl groups is 1. The molecular weight excluding hydrogens is 362 g/mol. The van der Waals surface area contributed by atoms with Gasteiger partial charge in [0.1, 0.15) is 5.82 Å². The van der Waals surface area contributed by atoms with Crippen LogP contribution in [0.3, 0.4) is 0 Å². The number of aromatic nitrogens is 1. The number of benzene rings is 1. The summed E-state index contributed by atoms with van der Waals surface area (Å²) in [7, 11) is 0. The third-order valence-electron chi connectivity index (χ3n) is 7.42. The Hall–Kier alpha value is -2.14. The molecule has 154 valence electrons. The van der Waals surface area contributed by atoms with Gasteiger partial charge in [0.25, 0.3) is 0 Å². The van der Waals surface area contributed by atoms with Gasteiger partial charge in [0.15, 0.2) is 0 Å². The molecule has 1 N–H and O–H groups in total. The molecule has 5 rings (SSSR count). The van der Waals surface area contributed by atoms with Crippen LogP contribution in [0.2, 0.25) is 0 Å². The number of anilines is 1. The first-order chi connectivity index (χ1) is 14.1. The summed E-state index contributed by atoms with van der Waals surface area (Å²) < 4.78 is 0. The highest BCUT2D eigenvalue weighted by Gasteiger charge is 2.50. The van der Waals surface area contributed by atoms with Crippen LogP contribution in [0.5, 0.6) is 0 Å². The van der Waals surface area contributed by atoms with Crippen LogP contribution < -0.4 is 4.90 Å². The fraction of sp³-hybridized carbons (Fsp3) is 0.583. The summed E-state index contributed by atoms with van der Waals surface area (Å²) in [4.78, 5) is 23.0. The lowest BCUT2D eigenvalue weighted by atomic mass is 9.78. The minimum absolute atomic E-state index is 0.176. The van der Waals surface area contributed by atoms with Gasteiger partial charge in [-0.3, -0.25) is 4.79 Å². The van der Waals surface area contributed by atoms with Gasteiger partial charge in [-0.05, 0) is 69.6 Å². The van der Waals surface area contributed by atoms with Gasteiger partial charge >= 0.3 is 0 Å². The molecule has 2 aromatic rings. The van der Waals surface area contributed by atoms with Crippen LogP contribution >= 0.6 is 0 Å². The van der Waals surface area contributed by atoms with E-state index in [0.717, 1.165) is 75.9 Å². The Balaban J connectivity index is 1.38. The van der Waals surface area contributed by atoms with E-state index < -0.39 is 0 Å². The van der Waals surface area contributed by atoms with Crippen molar-refractivity contribution in [2.45, 2.75) is 64.0 Å². The molecule has 1 aromatic heterocycles. The highest BCUT2D eigenvalue weighted by Crippen LogP contribution is 2.43. The van der Waals surface area contributed by atoms with Crippen molar-refractivity contribution < 1.29 is 9.90 Å². The van der Waals surface area contributed by atoms with E-state index in [1.54, 1.807) is 0 Å². The molecule has 5 heteroatoms. The fourth-order valence-corrected chi connectivity index (χ4v) is 5.79. The number of hydrogen-bond acceptors (Lipinski definition) is 4. The van der Waals surface area contributed by atoms with E-state index >= 15 is 0 Å². The first-order valence-electron chi connectivity index (χ1n) is 11.2. The molecule has 1 spiro atoms. The normalized spacial score (nSPS) is 30.5. The molecule has 3 heterocycles. The summed E-state index contributed by atoms with van der Waals surface area (Å²) >= 11 is 0. The monoisotopic (exact) mass is 393 g/mol. The number of para-hydroxylation sites is 1. The Bertz CT molecular complexity index is 921. The maximum atomic E-state index is 13.6. The second kappa shape index (κ2) is 7.28. The van der Waals surface area contributed by atoms with Crippen molar-refractivity contribution in [3.8, 4) is 0 Å². The van der Waals surface area contributed by atoms with Gasteiger partial charge in [-0.25, -0.2) is 4.98 Å². The third-order valence-corrected chi connectivity index (χ3v) is 7.42. The highest BCUT2D eigenvalue weighted by molar-refractivity contribution is 5.86. The van der Waals surface area contributed by atoms with Crippen LogP contribution in [0, 0.1) is 12.3 Å². The van der Waals surface area contributed by atoms with Crippen molar-refractivity contribution in [2.24, 2.45) is 5.41 Å². The number of carbonyl (C=O) groups excluding carboxylic acids is 1. The molecule has 1 aromatic carbocycles. The number of rotatable bonds is 2. The van der Waals surface area contributed by atoms with Gasteiger partial charge < -0.3 is 14.9 Å². The third kappa shape index (κ3) is 3.29. The zero-order valence-corrected chi connectivity index (χ0v) is 17.3. The van der Waals surface area contributed by atoms with Gasteiger partial charge in [-0.15, -0.1) is 0 Å². The predicted octanol–water partition coefficient (Wildman–Crippen LogP) is 3.67. The number of amides is 1. The summed E-state index contributed by atoms with van der Waals surface area (Å²) in [5.41, 5.74) is 1.95. The molecule has 1 atom stereocenters. The molecule has 0 radical (unpaired) electrons. The summed E-state index contributed by atoms with van der Waals surface area (Å²) in [5, 5.41) is 11.0. The lowest BCUT2D eigenvalue weighted by Gasteiger charge is -2.41. The van der Waals surface area contributed by atoms with Crippen molar-refractivity contribution in [1.82, 2.24) is 9.88 Å². The number of fused-ring (bicyclic) bond motifs is 1. The van der Waals surface area contributed by atoms with Crippen LogP contribution in [-0.4, -0.2) is 52.7 Å². The first-order valence-corrected chi connectivity index (χ1v) is 11.2. The predicted molar refractivity (Wildman–Crippen MR) is 115 cm³/mol. The molecular formula is C24H31N3O2. The Morgan fingerprint density at radius 1 is 1.10 bits per heavy atom. The largest absolute Gasteiger partial charge is 0.393 e. The van der Waals surface area contributed by atoms with E-state index in [1.807, 2.05) is 6.07 Å². The minimum atomic E-state index is -0.256. The maximum Gasteiger partial charge on any atom is 0.230 e. The number of carbonyl (C=O) groups is 1. The SMILES string of the molecule is Cc1cc2ccccc2nc1N1CCCC2(CCN([C@H]3CC[C@H](O)CC3)C2=O)C1. The van der Waals surface area contributed by atoms with Gasteiger partial charge in [0.05, 0.1) is 17.0 Å². The smallest absolute Gasteiger partial charge is 0.230 e. The van der Waals surface area contributed by atoms with E-state index in [4.69, 9.17) is 4.98 Å². The summed E-state index contributed by atoms with van der Waals surface area (Å²) in [6, 6.07) is 10.8. The van der Waals surface area contributed by atoms with Crippen LogP contribution in [0.4, 0.5) is 5.82 Å². The number of hydrogen-bond donors (Lipinski definition) is 1. The standard InChI is InChI=1S/C24H31N3O2/c1-17-15-18-5-2-3-6-21(18)25-22(17)26-13-4-11-24(16-26)12-14-27(23(24)29)19-7-9-20(28)10-8-19/h2-3,5-6,15,19-20,28H,4,7-14,16H2,1H3/t19-,20-,24?. The molecule has 1 aliphatic carbocycles. The number of aliphatic hydroxyl groups excluding tert-OH is 1. The van der Waals surface area contributed by atoms with Gasteiger partial charge in [0.2, 0.25) is 5.91 Å². The van der Waals surface area contributed by atoms with E-state index in [9.17, 15) is 9.90 Å². The Kier molecular flexibility index (Phi) is 4.73. The molecule has 2 aliphatic heterocycles. The molecule has 5 nitrogen and oxygen atoms in total. The van der Waals surface area contributed by atoms with Crippen molar-refractivity contribution in [3.63, 3.8) is 0 Å². The van der Waals surface area contributed by atoms with Crippen LogP contribution in [0.25, 0.3) is 10.9 Å². The van der Waals surface area contributed by atoms with Crippen LogP contribution in [0.15, 0.2) is 30.3 Å². The summed E-state index contributed by atoms with van der Waals surface area (Å²) in [6.07, 6.45) is 6.34. The molecule has 3 aliphatic rings. The van der Waals surface area contributed by atoms with Gasteiger partial charge in [0, 0.05) is 31.1 Å². The number of likely N-dealkylation sites (tertiary alicyclic amines) is 1. The molecule has 3 fully saturated rings. The average molecular weight is 394 g/mol. The number of nitrogens with zero attached hydrogens (tertiary/aromatic N) is 3. The molecule has 29 heavy (non-hydrogen) atoms. The van der Waals surface area contributed by atoms with E-state index in [-0.39, 0.29) is 11.5 Å². The molecule has 1 amide bonds. The van der Waals surface area contributed by atoms with E-state index in [0.29, 0.717) is 11.9 Å². The van der Waals surface area contributed by atoms with Crippen LogP contribution in [-0.2, 0) is 4.79 Å². The summed E-state index contributed by atoms with van der Waals surface area (Å²) in [5.74, 6) is 1.39. The van der Waals surface area contributed by atoms with Crippen molar-refractivity contribution in [3.05, 3.63) is 35.9 Å². The van der Waals surface area contributed by atoms with Crippen molar-refractivity contribution >= 4 is 22.6 Å². The lowest BCUT2D eigenvalue weighted by molar-refractivity contribution is -0.139. The number of piperidine rings is 1. The van der Waals surface area contributed by atoms with Crippen molar-refractivity contribution in [1.29, 1.82) is 0 Å². The average Bonchev–Trinajstić information content (AvgIpc) is 3.04. The maximum absolute atomic E-state index is 13.6. The number of aryl methyl sites for hydroxylation is 1. The molecule has 1 saturated carbocycles. The van der Waals surface area contributed by atoms with E-state index in [1.165, 1.54) is 10.9 Å². The Labute approximate surface area is 172 Å². The molecule has 1 unspecified atom stereocenters. The van der Waals surface area contributed by atoms with Crippen LogP contribution in [0.1, 0.15) is 50.5 Å². The fourth-order valence-electron chi connectivity index (χ4n) is 5.79. The summed E-state index contributed by atoms with van der Waals surface area (Å²) in [6.45, 7) is 4.75. The molecule has 0 bridgehead atoms. The zero-order chi connectivity index (χ0) is 20.0. The Morgan fingerprint density at radius 3 is 2.72 bits per heavy atom. The zero-order valence-electron chi connectivity index (χ0n) is 17.3. The second-order valence-corrected chi connectivity index (χ2v) is 9.34. The second-order valence-electron chi connectivity index (χ2n) is 9.34. The highest BCUT2D eigenvalue weighted by atomic mass is 16.3. The van der Waals surface area contributed by atoms with Crippen molar-refractivity contribution in [2.75, 3.05) is 24.5 Å². The Morgan fingerprint density at radius 2 is 1.90 bits per heavy atom. The number of pyridine rings is 1. The quantitative estimate of drug-likeness (QED) is 0.846. The van der Waals surface area contributed by atoms with E-state index in [2.05, 4.69) is 41.0 Å².